The maximum Gasteiger partial charge on any atom is 0.428 e. The van der Waals surface area contributed by atoms with Crippen molar-refractivity contribution in [2.75, 3.05) is 20.1 Å². The van der Waals surface area contributed by atoms with Crippen LogP contribution in [0.4, 0.5) is 13.2 Å². The van der Waals surface area contributed by atoms with E-state index in [9.17, 15) is 33.2 Å². The highest BCUT2D eigenvalue weighted by Crippen LogP contribution is 2.67. The first-order valence-corrected chi connectivity index (χ1v) is 14.9. The van der Waals surface area contributed by atoms with Gasteiger partial charge in [0, 0.05) is 30.1 Å². The number of piperidine rings is 1. The van der Waals surface area contributed by atoms with Crippen molar-refractivity contribution in [3.05, 3.63) is 74.9 Å². The van der Waals surface area contributed by atoms with Gasteiger partial charge < -0.3 is 19.6 Å². The molecular weight excluding hydrogens is 551 g/mol. The molecule has 1 spiro atoms. The fourth-order valence-electron chi connectivity index (χ4n) is 9.11. The fraction of sp³-hybridized carbons (Fsp3) is 0.581. The van der Waals surface area contributed by atoms with Crippen LogP contribution in [0.5, 0.6) is 0 Å². The monoisotopic (exact) mass is 586 g/mol. The number of aliphatic hydroxyl groups is 1. The second-order valence-corrected chi connectivity index (χ2v) is 13.3. The molecule has 2 bridgehead atoms. The summed E-state index contributed by atoms with van der Waals surface area (Å²) in [5.74, 6) is -0.675. The van der Waals surface area contributed by atoms with Crippen molar-refractivity contribution in [2.24, 2.45) is 17.3 Å². The third-order valence-corrected chi connectivity index (χ3v) is 11.0. The molecule has 7 atom stereocenters. The highest BCUT2D eigenvalue weighted by molar-refractivity contribution is 6.01. The van der Waals surface area contributed by atoms with E-state index in [-0.39, 0.29) is 17.1 Å². The van der Waals surface area contributed by atoms with Crippen LogP contribution >= 0.6 is 0 Å². The van der Waals surface area contributed by atoms with Crippen LogP contribution in [0.15, 0.2) is 59.2 Å². The molecule has 6 aliphatic rings. The third-order valence-electron chi connectivity index (χ3n) is 11.0. The summed E-state index contributed by atoms with van der Waals surface area (Å²) < 4.78 is 50.6. The first-order chi connectivity index (χ1) is 19.9. The number of alkyl halides is 3. The average molecular weight is 587 g/mol. The van der Waals surface area contributed by atoms with E-state index >= 15 is 0 Å². The molecule has 0 radical (unpaired) electrons. The van der Waals surface area contributed by atoms with Crippen LogP contribution in [0, 0.1) is 27.4 Å². The van der Waals surface area contributed by atoms with Crippen molar-refractivity contribution in [2.45, 2.75) is 75.1 Å². The Morgan fingerprint density at radius 2 is 1.95 bits per heavy atom. The zero-order chi connectivity index (χ0) is 29.7. The molecule has 2 saturated carbocycles. The van der Waals surface area contributed by atoms with E-state index in [0.717, 1.165) is 78.9 Å². The molecule has 1 aromatic carbocycles. The van der Waals surface area contributed by atoms with Crippen molar-refractivity contribution in [1.82, 2.24) is 5.32 Å². The zero-order valence-electron chi connectivity index (χ0n) is 23.4. The van der Waals surface area contributed by atoms with E-state index in [0.29, 0.717) is 12.0 Å². The second-order valence-electron chi connectivity index (χ2n) is 13.3. The lowest BCUT2D eigenvalue weighted by atomic mass is 9.50. The summed E-state index contributed by atoms with van der Waals surface area (Å²) in [6.07, 6.45) is 3.43. The highest BCUT2D eigenvalue weighted by atomic mass is 19.4. The van der Waals surface area contributed by atoms with Crippen LogP contribution in [0.2, 0.25) is 0 Å². The Labute approximate surface area is 241 Å². The van der Waals surface area contributed by atoms with E-state index in [4.69, 9.17) is 4.74 Å². The molecule has 8 nitrogen and oxygen atoms in total. The molecule has 2 aliphatic heterocycles. The Kier molecular flexibility index (Phi) is 6.11. The summed E-state index contributed by atoms with van der Waals surface area (Å²) in [6, 6.07) is 6.91. The summed E-state index contributed by atoms with van der Waals surface area (Å²) >= 11 is 0. The van der Waals surface area contributed by atoms with Crippen LogP contribution in [-0.2, 0) is 9.53 Å². The Hall–Kier alpha value is -3.02. The predicted molar refractivity (Wildman–Crippen MR) is 146 cm³/mol. The largest absolute Gasteiger partial charge is 0.428 e. The molecule has 7 rings (SSSR count). The van der Waals surface area contributed by atoms with Gasteiger partial charge >= 0.3 is 6.18 Å². The third kappa shape index (κ3) is 4.03. The predicted octanol–water partition coefficient (Wildman–Crippen LogP) is 4.49. The summed E-state index contributed by atoms with van der Waals surface area (Å²) in [4.78, 5) is 24.1. The number of carbonyl (C=O) groups is 1. The number of nitrogens with zero attached hydrogens (tertiary/aromatic N) is 2. The zero-order valence-corrected chi connectivity index (χ0v) is 23.4. The number of halogens is 3. The molecule has 2 heterocycles. The molecule has 11 heteroatoms. The van der Waals surface area contributed by atoms with Gasteiger partial charge in [-0.15, -0.1) is 0 Å². The average Bonchev–Trinajstić information content (AvgIpc) is 3.67. The number of benzene rings is 1. The normalized spacial score (nSPS) is 39.0. The summed E-state index contributed by atoms with van der Waals surface area (Å²) in [7, 11) is 2.37. The number of allylic oxidation sites excluding steroid dienone is 1. The van der Waals surface area contributed by atoms with Gasteiger partial charge in [0.25, 0.3) is 11.6 Å². The van der Waals surface area contributed by atoms with Crippen molar-refractivity contribution < 1.29 is 37.2 Å². The van der Waals surface area contributed by atoms with Gasteiger partial charge in [0.2, 0.25) is 0 Å². The number of likely N-dealkylation sites (tertiary alicyclic amines) is 1. The topological polar surface area (TPSA) is 102 Å². The fourth-order valence-corrected chi connectivity index (χ4v) is 9.11. The minimum absolute atomic E-state index is 0.205. The molecular formula is C31H35F3N3O5+. The molecule has 2 N–H and O–H groups in total. The van der Waals surface area contributed by atoms with Crippen LogP contribution in [0.25, 0.3) is 5.70 Å². The number of ether oxygens (including phenoxy) is 1. The summed E-state index contributed by atoms with van der Waals surface area (Å²) in [5.41, 5.74) is -4.37. The van der Waals surface area contributed by atoms with Gasteiger partial charge in [-0.1, -0.05) is 30.7 Å². The number of rotatable bonds is 6. The maximum atomic E-state index is 14.3. The summed E-state index contributed by atoms with van der Waals surface area (Å²) in [6.45, 7) is 2.13. The molecule has 0 aromatic heterocycles. The van der Waals surface area contributed by atoms with Gasteiger partial charge in [-0.3, -0.25) is 14.9 Å². The van der Waals surface area contributed by atoms with Crippen molar-refractivity contribution >= 4 is 11.6 Å². The Morgan fingerprint density at radius 3 is 2.62 bits per heavy atom. The Balaban J connectivity index is 1.27. The second kappa shape index (κ2) is 9.24. The van der Waals surface area contributed by atoms with Crippen molar-refractivity contribution in [3.63, 3.8) is 0 Å². The quantitative estimate of drug-likeness (QED) is 0.168. The minimum atomic E-state index is -5.36. The Morgan fingerprint density at radius 1 is 1.21 bits per heavy atom. The molecule has 1 aromatic rings. The van der Waals surface area contributed by atoms with Gasteiger partial charge in [0.05, 0.1) is 42.8 Å². The van der Waals surface area contributed by atoms with Crippen LogP contribution < -0.4 is 5.32 Å². The van der Waals surface area contributed by atoms with Gasteiger partial charge in [-0.05, 0) is 55.0 Å². The number of carbonyl (C=O) groups excluding carboxylic acids is 1. The Bertz CT molecular complexity index is 1440. The van der Waals surface area contributed by atoms with E-state index < -0.39 is 40.1 Å². The molecule has 1 amide bonds. The minimum Gasteiger partial charge on any atom is -0.365 e. The molecule has 4 fully saturated rings. The smallest absolute Gasteiger partial charge is 0.365 e. The molecule has 3 unspecified atom stereocenters. The van der Waals surface area contributed by atoms with Crippen molar-refractivity contribution in [1.29, 1.82) is 0 Å². The van der Waals surface area contributed by atoms with Gasteiger partial charge in [-0.2, -0.15) is 13.2 Å². The van der Waals surface area contributed by atoms with Crippen LogP contribution in [0.3, 0.4) is 0 Å². The van der Waals surface area contributed by atoms with Crippen molar-refractivity contribution in [3.8, 4) is 0 Å². The molecule has 4 aliphatic carbocycles. The number of amides is 1. The maximum absolute atomic E-state index is 14.3. The molecule has 2 saturated heterocycles. The van der Waals surface area contributed by atoms with Crippen LogP contribution in [-0.4, -0.2) is 70.7 Å². The standard InChI is InChI=1S/C31H34F3N3O5/c1-37(17-18-10-11-18)15-14-29-21-8-5-9-23(29)42-27-24(29)20(16-22(21)37)12-13-30(27,39)35-28(38)25(31(32,33)34)26(36(40)41)19-6-3-2-4-7-19/h2-4,6-7,12-13,18,21-23,27,39H,5,8-11,14-17H2,1H3/p+1/t21-,22+,23-,27?,29+,30?,37?/m0/s1. The lowest BCUT2D eigenvalue weighted by molar-refractivity contribution is -0.947. The molecule has 224 valence electrons. The van der Waals surface area contributed by atoms with E-state index in [1.54, 1.807) is 6.08 Å². The number of nitro groups is 1. The molecule has 42 heavy (non-hydrogen) atoms. The van der Waals surface area contributed by atoms with E-state index in [1.165, 1.54) is 37.1 Å². The first-order valence-electron chi connectivity index (χ1n) is 14.9. The summed E-state index contributed by atoms with van der Waals surface area (Å²) in [5, 5.41) is 25.9. The number of hydrogen-bond acceptors (Lipinski definition) is 5. The highest BCUT2D eigenvalue weighted by Gasteiger charge is 2.71. The van der Waals surface area contributed by atoms with Gasteiger partial charge in [0.15, 0.2) is 11.3 Å². The van der Waals surface area contributed by atoms with Gasteiger partial charge in [0.1, 0.15) is 6.10 Å². The number of hydrogen-bond donors (Lipinski definition) is 2. The lowest BCUT2D eigenvalue weighted by Gasteiger charge is -2.61. The lowest BCUT2D eigenvalue weighted by Crippen LogP contribution is -2.69. The van der Waals surface area contributed by atoms with E-state index in [1.807, 2.05) is 0 Å². The SMILES string of the molecule is C[N+]1(CC2CC2)CC[C@]23C4=C5C=CC(O)(NC(=O)C(=C(c6ccccc6)[N+](=O)[O-])C(F)(F)F)C4O[C@H]2CCC[C@H]3[C@H]1C5. The first kappa shape index (κ1) is 27.8. The van der Waals surface area contributed by atoms with E-state index in [2.05, 4.69) is 12.4 Å². The number of nitrogens with one attached hydrogen (secondary N) is 1. The van der Waals surface area contributed by atoms with Gasteiger partial charge in [-0.25, -0.2) is 0 Å². The number of quaternary nitrogens is 1. The van der Waals surface area contributed by atoms with Crippen LogP contribution in [0.1, 0.15) is 50.5 Å².